The summed E-state index contributed by atoms with van der Waals surface area (Å²) in [6, 6.07) is 14.5. The number of rotatable bonds is 3. The highest BCUT2D eigenvalue weighted by atomic mass is 79.9. The molecule has 0 radical (unpaired) electrons. The van der Waals surface area contributed by atoms with Gasteiger partial charge in [0.05, 0.1) is 11.4 Å². The van der Waals surface area contributed by atoms with Crippen molar-refractivity contribution < 1.29 is 0 Å². The van der Waals surface area contributed by atoms with Gasteiger partial charge in [-0.05, 0) is 61.7 Å². The maximum Gasteiger partial charge on any atom is 0.0618 e. The van der Waals surface area contributed by atoms with Gasteiger partial charge in [0.25, 0.3) is 0 Å². The van der Waals surface area contributed by atoms with Gasteiger partial charge < -0.3 is 16.0 Å². The van der Waals surface area contributed by atoms with Gasteiger partial charge in [0.15, 0.2) is 0 Å². The topological polar surface area (TPSA) is 41.3 Å². The van der Waals surface area contributed by atoms with Gasteiger partial charge in [0, 0.05) is 28.9 Å². The summed E-state index contributed by atoms with van der Waals surface area (Å²) in [5.41, 5.74) is 10.1. The number of nitrogens with two attached hydrogens (primary N) is 1. The smallest absolute Gasteiger partial charge is 0.0618 e. The van der Waals surface area contributed by atoms with Crippen LogP contribution in [0.5, 0.6) is 0 Å². The molecule has 110 valence electrons. The summed E-state index contributed by atoms with van der Waals surface area (Å²) in [5.74, 6) is 0. The summed E-state index contributed by atoms with van der Waals surface area (Å²) < 4.78 is 0.992. The first-order valence-electron chi connectivity index (χ1n) is 7.39. The van der Waals surface area contributed by atoms with Crippen molar-refractivity contribution in [2.24, 2.45) is 0 Å². The number of piperidine rings is 1. The first-order valence-corrected chi connectivity index (χ1v) is 8.19. The highest BCUT2D eigenvalue weighted by molar-refractivity contribution is 9.10. The quantitative estimate of drug-likeness (QED) is 0.787. The van der Waals surface area contributed by atoms with Crippen molar-refractivity contribution in [2.45, 2.75) is 19.3 Å². The average Bonchev–Trinajstić information content (AvgIpc) is 2.52. The summed E-state index contributed by atoms with van der Waals surface area (Å²) in [7, 11) is 0. The van der Waals surface area contributed by atoms with E-state index in [1.54, 1.807) is 0 Å². The lowest BCUT2D eigenvalue weighted by Crippen LogP contribution is -2.29. The molecule has 0 unspecified atom stereocenters. The third kappa shape index (κ3) is 3.50. The molecule has 2 aromatic carbocycles. The Morgan fingerprint density at radius 3 is 2.33 bits per heavy atom. The Labute approximate surface area is 134 Å². The maximum atomic E-state index is 6.02. The third-order valence-electron chi connectivity index (χ3n) is 3.88. The van der Waals surface area contributed by atoms with E-state index in [9.17, 15) is 0 Å². The summed E-state index contributed by atoms with van der Waals surface area (Å²) in [4.78, 5) is 2.46. The SMILES string of the molecule is Nc1cc(Br)ccc1Nc1ccc(N2CCCCC2)cc1. The number of benzene rings is 2. The summed E-state index contributed by atoms with van der Waals surface area (Å²) in [6.07, 6.45) is 3.96. The van der Waals surface area contributed by atoms with E-state index in [2.05, 4.69) is 50.4 Å². The molecule has 1 saturated heterocycles. The van der Waals surface area contributed by atoms with Gasteiger partial charge in [-0.1, -0.05) is 15.9 Å². The van der Waals surface area contributed by atoms with Crippen LogP contribution in [0.1, 0.15) is 19.3 Å². The minimum absolute atomic E-state index is 0.740. The monoisotopic (exact) mass is 345 g/mol. The lowest BCUT2D eigenvalue weighted by Gasteiger charge is -2.28. The number of hydrogen-bond donors (Lipinski definition) is 2. The second-order valence-corrected chi connectivity index (χ2v) is 6.37. The van der Waals surface area contributed by atoms with Crippen LogP contribution in [0, 0.1) is 0 Å². The Hall–Kier alpha value is -1.68. The maximum absolute atomic E-state index is 6.02. The predicted molar refractivity (Wildman–Crippen MR) is 94.3 cm³/mol. The molecule has 4 heteroatoms. The van der Waals surface area contributed by atoms with Crippen LogP contribution in [-0.2, 0) is 0 Å². The zero-order valence-electron chi connectivity index (χ0n) is 12.0. The molecule has 0 bridgehead atoms. The van der Waals surface area contributed by atoms with Crippen LogP contribution in [0.3, 0.4) is 0 Å². The van der Waals surface area contributed by atoms with E-state index in [-0.39, 0.29) is 0 Å². The fourth-order valence-electron chi connectivity index (χ4n) is 2.71. The Bertz CT molecular complexity index is 604. The van der Waals surface area contributed by atoms with Gasteiger partial charge in [-0.2, -0.15) is 0 Å². The molecular formula is C17H20BrN3. The third-order valence-corrected chi connectivity index (χ3v) is 4.37. The van der Waals surface area contributed by atoms with E-state index < -0.39 is 0 Å². The first kappa shape index (κ1) is 14.3. The molecule has 1 fully saturated rings. The molecule has 0 aliphatic carbocycles. The number of nitrogens with zero attached hydrogens (tertiary/aromatic N) is 1. The largest absolute Gasteiger partial charge is 0.397 e. The molecular weight excluding hydrogens is 326 g/mol. The van der Waals surface area contributed by atoms with E-state index >= 15 is 0 Å². The van der Waals surface area contributed by atoms with Gasteiger partial charge in [0.1, 0.15) is 0 Å². The highest BCUT2D eigenvalue weighted by Crippen LogP contribution is 2.28. The minimum atomic E-state index is 0.740. The molecule has 3 rings (SSSR count). The van der Waals surface area contributed by atoms with Crippen LogP contribution < -0.4 is 16.0 Å². The fraction of sp³-hybridized carbons (Fsp3) is 0.294. The van der Waals surface area contributed by atoms with Crippen LogP contribution in [-0.4, -0.2) is 13.1 Å². The average molecular weight is 346 g/mol. The first-order chi connectivity index (χ1) is 10.2. The Kier molecular flexibility index (Phi) is 4.34. The van der Waals surface area contributed by atoms with Gasteiger partial charge in [-0.15, -0.1) is 0 Å². The summed E-state index contributed by atoms with van der Waals surface area (Å²) in [5, 5.41) is 3.37. The minimum Gasteiger partial charge on any atom is -0.397 e. The number of nitrogen functional groups attached to an aromatic ring is 1. The molecule has 1 heterocycles. The van der Waals surface area contributed by atoms with Crippen LogP contribution in [0.4, 0.5) is 22.7 Å². The van der Waals surface area contributed by atoms with Crippen LogP contribution in [0.15, 0.2) is 46.9 Å². The van der Waals surface area contributed by atoms with Crippen molar-refractivity contribution in [3.05, 3.63) is 46.9 Å². The van der Waals surface area contributed by atoms with Crippen LogP contribution >= 0.6 is 15.9 Å². The molecule has 21 heavy (non-hydrogen) atoms. The second-order valence-electron chi connectivity index (χ2n) is 5.45. The molecule has 3 N–H and O–H groups in total. The van der Waals surface area contributed by atoms with E-state index in [4.69, 9.17) is 5.73 Å². The zero-order valence-corrected chi connectivity index (χ0v) is 13.6. The fourth-order valence-corrected chi connectivity index (χ4v) is 3.09. The highest BCUT2D eigenvalue weighted by Gasteiger charge is 2.10. The molecule has 0 aromatic heterocycles. The molecule has 0 spiro atoms. The molecule has 1 aliphatic heterocycles. The lowest BCUT2D eigenvalue weighted by molar-refractivity contribution is 0.578. The lowest BCUT2D eigenvalue weighted by atomic mass is 10.1. The number of halogens is 1. The second kappa shape index (κ2) is 6.39. The van der Waals surface area contributed by atoms with Crippen molar-refractivity contribution in [1.82, 2.24) is 0 Å². The Morgan fingerprint density at radius 2 is 1.67 bits per heavy atom. The predicted octanol–water partition coefficient (Wildman–Crippen LogP) is 4.77. The van der Waals surface area contributed by atoms with E-state index in [1.165, 1.54) is 38.0 Å². The van der Waals surface area contributed by atoms with E-state index in [0.29, 0.717) is 0 Å². The molecule has 0 atom stereocenters. The zero-order chi connectivity index (χ0) is 14.7. The van der Waals surface area contributed by atoms with Gasteiger partial charge in [0.2, 0.25) is 0 Å². The number of hydrogen-bond acceptors (Lipinski definition) is 3. The van der Waals surface area contributed by atoms with E-state index in [1.807, 2.05) is 18.2 Å². The van der Waals surface area contributed by atoms with Crippen molar-refractivity contribution >= 4 is 38.7 Å². The Balaban J connectivity index is 1.71. The summed E-state index contributed by atoms with van der Waals surface area (Å²) >= 11 is 3.42. The van der Waals surface area contributed by atoms with Gasteiger partial charge >= 0.3 is 0 Å². The van der Waals surface area contributed by atoms with Crippen LogP contribution in [0.25, 0.3) is 0 Å². The van der Waals surface area contributed by atoms with Crippen molar-refractivity contribution in [1.29, 1.82) is 0 Å². The normalized spacial score (nSPS) is 15.0. The van der Waals surface area contributed by atoms with Gasteiger partial charge in [-0.25, -0.2) is 0 Å². The number of nitrogens with one attached hydrogen (secondary N) is 1. The molecule has 3 nitrogen and oxygen atoms in total. The molecule has 0 saturated carbocycles. The van der Waals surface area contributed by atoms with Crippen molar-refractivity contribution in [3.8, 4) is 0 Å². The van der Waals surface area contributed by atoms with Crippen molar-refractivity contribution in [2.75, 3.05) is 29.0 Å². The number of anilines is 4. The van der Waals surface area contributed by atoms with E-state index in [0.717, 1.165) is 21.5 Å². The standard InChI is InChI=1S/C17H20BrN3/c18-13-4-9-17(16(19)12-13)20-14-5-7-15(8-6-14)21-10-2-1-3-11-21/h4-9,12,20H,1-3,10-11,19H2. The van der Waals surface area contributed by atoms with Crippen LogP contribution in [0.2, 0.25) is 0 Å². The molecule has 0 amide bonds. The molecule has 1 aliphatic rings. The Morgan fingerprint density at radius 1 is 0.952 bits per heavy atom. The molecule has 2 aromatic rings. The van der Waals surface area contributed by atoms with Gasteiger partial charge in [-0.3, -0.25) is 0 Å². The van der Waals surface area contributed by atoms with Crippen molar-refractivity contribution in [3.63, 3.8) is 0 Å². The summed E-state index contributed by atoms with van der Waals surface area (Å²) in [6.45, 7) is 2.35.